The van der Waals surface area contributed by atoms with Crippen molar-refractivity contribution in [3.05, 3.63) is 11.9 Å². The Morgan fingerprint density at radius 3 is 3.00 bits per heavy atom. The first kappa shape index (κ1) is 10.6. The predicted molar refractivity (Wildman–Crippen MR) is 53.0 cm³/mol. The van der Waals surface area contributed by atoms with E-state index in [9.17, 15) is 9.59 Å². The average Bonchev–Trinajstić information content (AvgIpc) is 2.86. The summed E-state index contributed by atoms with van der Waals surface area (Å²) in [6.45, 7) is 1.17. The Labute approximate surface area is 91.4 Å². The van der Waals surface area contributed by atoms with Crippen molar-refractivity contribution in [3.63, 3.8) is 0 Å². The van der Waals surface area contributed by atoms with Gasteiger partial charge in [0, 0.05) is 19.6 Å². The van der Waals surface area contributed by atoms with Crippen LogP contribution in [0.4, 0.5) is 4.79 Å². The van der Waals surface area contributed by atoms with Gasteiger partial charge < -0.3 is 11.1 Å². The van der Waals surface area contributed by atoms with E-state index in [-0.39, 0.29) is 25.0 Å². The van der Waals surface area contributed by atoms with Gasteiger partial charge in [-0.1, -0.05) is 5.21 Å². The SMILES string of the molecule is NCc1cn(CC(=O)N2CCNC2=O)nn1. The molecule has 2 rings (SSSR count). The molecule has 3 N–H and O–H groups in total. The van der Waals surface area contributed by atoms with Crippen LogP contribution in [0.1, 0.15) is 5.69 Å². The molecule has 1 aromatic heterocycles. The van der Waals surface area contributed by atoms with Gasteiger partial charge in [0.2, 0.25) is 0 Å². The average molecular weight is 224 g/mol. The molecule has 0 unspecified atom stereocenters. The highest BCUT2D eigenvalue weighted by Gasteiger charge is 2.26. The van der Waals surface area contributed by atoms with E-state index >= 15 is 0 Å². The minimum Gasteiger partial charge on any atom is -0.336 e. The molecule has 3 amide bonds. The Kier molecular flexibility index (Phi) is 2.82. The van der Waals surface area contributed by atoms with Crippen molar-refractivity contribution in [2.45, 2.75) is 13.1 Å². The molecular formula is C8H12N6O2. The van der Waals surface area contributed by atoms with Gasteiger partial charge in [-0.15, -0.1) is 5.10 Å². The van der Waals surface area contributed by atoms with Crippen LogP contribution in [0, 0.1) is 0 Å². The molecular weight excluding hydrogens is 212 g/mol. The van der Waals surface area contributed by atoms with Crippen LogP contribution in [0.25, 0.3) is 0 Å². The van der Waals surface area contributed by atoms with E-state index < -0.39 is 0 Å². The summed E-state index contributed by atoms with van der Waals surface area (Å²) in [6.07, 6.45) is 1.59. The standard InChI is InChI=1S/C8H12N6O2/c9-3-6-4-13(12-11-6)5-7(15)14-2-1-10-8(14)16/h4H,1-3,5,9H2,(H,10,16). The fourth-order valence-corrected chi connectivity index (χ4v) is 1.44. The Bertz CT molecular complexity index is 414. The second-order valence-corrected chi connectivity index (χ2v) is 3.39. The van der Waals surface area contributed by atoms with Gasteiger partial charge in [-0.25, -0.2) is 9.48 Å². The number of hydrogen-bond donors (Lipinski definition) is 2. The van der Waals surface area contributed by atoms with Crippen LogP contribution in [-0.4, -0.2) is 44.9 Å². The molecule has 2 heterocycles. The van der Waals surface area contributed by atoms with Crippen LogP contribution in [-0.2, 0) is 17.9 Å². The Hall–Kier alpha value is -1.96. The molecule has 0 bridgehead atoms. The number of nitrogens with two attached hydrogens (primary N) is 1. The van der Waals surface area contributed by atoms with Crippen molar-refractivity contribution < 1.29 is 9.59 Å². The number of imide groups is 1. The van der Waals surface area contributed by atoms with E-state index in [2.05, 4.69) is 15.6 Å². The quantitative estimate of drug-likeness (QED) is 0.635. The van der Waals surface area contributed by atoms with E-state index in [1.165, 1.54) is 4.68 Å². The summed E-state index contributed by atoms with van der Waals surface area (Å²) in [6, 6.07) is -0.357. The van der Waals surface area contributed by atoms with Crippen LogP contribution in [0.5, 0.6) is 0 Å². The number of nitrogens with zero attached hydrogens (tertiary/aromatic N) is 4. The zero-order valence-electron chi connectivity index (χ0n) is 8.59. The van der Waals surface area contributed by atoms with Gasteiger partial charge in [0.25, 0.3) is 5.91 Å². The zero-order chi connectivity index (χ0) is 11.5. The predicted octanol–water partition coefficient (Wildman–Crippen LogP) is -1.71. The maximum absolute atomic E-state index is 11.7. The summed E-state index contributed by atoms with van der Waals surface area (Å²) in [5, 5.41) is 10.0. The molecule has 1 aliphatic rings. The molecule has 1 fully saturated rings. The number of rotatable bonds is 3. The van der Waals surface area contributed by atoms with Gasteiger partial charge in [-0.2, -0.15) is 0 Å². The van der Waals surface area contributed by atoms with Gasteiger partial charge in [-0.3, -0.25) is 9.69 Å². The minimum absolute atomic E-state index is 0.000417. The van der Waals surface area contributed by atoms with E-state index in [0.29, 0.717) is 18.8 Å². The highest BCUT2D eigenvalue weighted by Crippen LogP contribution is 2.00. The van der Waals surface area contributed by atoms with Crippen LogP contribution in [0.2, 0.25) is 0 Å². The number of carbonyl (C=O) groups is 2. The summed E-state index contributed by atoms with van der Waals surface area (Å²) in [4.78, 5) is 24.0. The van der Waals surface area contributed by atoms with Crippen molar-refractivity contribution >= 4 is 11.9 Å². The summed E-state index contributed by atoms with van der Waals surface area (Å²) < 4.78 is 1.37. The van der Waals surface area contributed by atoms with E-state index in [1.54, 1.807) is 6.20 Å². The Balaban J connectivity index is 1.99. The molecule has 0 saturated carbocycles. The van der Waals surface area contributed by atoms with Gasteiger partial charge in [0.15, 0.2) is 0 Å². The fourth-order valence-electron chi connectivity index (χ4n) is 1.44. The van der Waals surface area contributed by atoms with Crippen molar-refractivity contribution in [2.75, 3.05) is 13.1 Å². The molecule has 1 aromatic rings. The van der Waals surface area contributed by atoms with E-state index in [4.69, 9.17) is 5.73 Å². The molecule has 0 atom stereocenters. The molecule has 0 aliphatic carbocycles. The fraction of sp³-hybridized carbons (Fsp3) is 0.500. The third kappa shape index (κ3) is 2.01. The molecule has 8 heteroatoms. The Morgan fingerprint density at radius 1 is 1.62 bits per heavy atom. The number of amides is 3. The third-order valence-corrected chi connectivity index (χ3v) is 2.25. The molecule has 86 valence electrons. The molecule has 16 heavy (non-hydrogen) atoms. The summed E-state index contributed by atoms with van der Waals surface area (Å²) in [5.41, 5.74) is 5.97. The topological polar surface area (TPSA) is 106 Å². The summed E-state index contributed by atoms with van der Waals surface area (Å²) >= 11 is 0. The lowest BCUT2D eigenvalue weighted by Crippen LogP contribution is -2.36. The molecule has 0 spiro atoms. The molecule has 0 aromatic carbocycles. The Morgan fingerprint density at radius 2 is 2.44 bits per heavy atom. The van der Waals surface area contributed by atoms with Crippen LogP contribution in [0.15, 0.2) is 6.20 Å². The number of urea groups is 1. The lowest BCUT2D eigenvalue weighted by molar-refractivity contribution is -0.128. The minimum atomic E-state index is -0.357. The largest absolute Gasteiger partial charge is 0.336 e. The molecule has 0 radical (unpaired) electrons. The highest BCUT2D eigenvalue weighted by molar-refractivity contribution is 5.95. The van der Waals surface area contributed by atoms with E-state index in [0.717, 1.165) is 4.90 Å². The van der Waals surface area contributed by atoms with Crippen LogP contribution in [0.3, 0.4) is 0 Å². The number of carbonyl (C=O) groups excluding carboxylic acids is 2. The number of aromatic nitrogens is 3. The lowest BCUT2D eigenvalue weighted by atomic mass is 10.4. The maximum atomic E-state index is 11.7. The van der Waals surface area contributed by atoms with Gasteiger partial charge in [0.1, 0.15) is 6.54 Å². The number of hydrogen-bond acceptors (Lipinski definition) is 5. The monoisotopic (exact) mass is 224 g/mol. The van der Waals surface area contributed by atoms with Crippen LogP contribution >= 0.6 is 0 Å². The van der Waals surface area contributed by atoms with E-state index in [1.807, 2.05) is 0 Å². The summed E-state index contributed by atoms with van der Waals surface area (Å²) in [5.74, 6) is -0.302. The maximum Gasteiger partial charge on any atom is 0.324 e. The number of nitrogens with one attached hydrogen (secondary N) is 1. The first-order valence-electron chi connectivity index (χ1n) is 4.88. The smallest absolute Gasteiger partial charge is 0.324 e. The molecule has 1 saturated heterocycles. The lowest BCUT2D eigenvalue weighted by Gasteiger charge is -2.11. The van der Waals surface area contributed by atoms with Gasteiger partial charge >= 0.3 is 6.03 Å². The zero-order valence-corrected chi connectivity index (χ0v) is 8.59. The second kappa shape index (κ2) is 4.27. The second-order valence-electron chi connectivity index (χ2n) is 3.39. The summed E-state index contributed by atoms with van der Waals surface area (Å²) in [7, 11) is 0. The highest BCUT2D eigenvalue weighted by atomic mass is 16.2. The van der Waals surface area contributed by atoms with Crippen molar-refractivity contribution in [1.29, 1.82) is 0 Å². The van der Waals surface area contributed by atoms with Crippen LogP contribution < -0.4 is 11.1 Å². The molecule has 1 aliphatic heterocycles. The molecule has 8 nitrogen and oxygen atoms in total. The first-order valence-corrected chi connectivity index (χ1v) is 4.88. The van der Waals surface area contributed by atoms with Gasteiger partial charge in [0.05, 0.1) is 11.9 Å². The normalized spacial score (nSPS) is 15.3. The van der Waals surface area contributed by atoms with Crippen molar-refractivity contribution in [3.8, 4) is 0 Å². The van der Waals surface area contributed by atoms with Crippen molar-refractivity contribution in [1.82, 2.24) is 25.2 Å². The third-order valence-electron chi connectivity index (χ3n) is 2.25. The first-order chi connectivity index (χ1) is 7.70. The van der Waals surface area contributed by atoms with Crippen molar-refractivity contribution in [2.24, 2.45) is 5.73 Å². The van der Waals surface area contributed by atoms with Gasteiger partial charge in [-0.05, 0) is 0 Å².